The molecule has 1 saturated carbocycles. The Bertz CT molecular complexity index is 719. The number of benzene rings is 1. The lowest BCUT2D eigenvalue weighted by Crippen LogP contribution is -2.37. The van der Waals surface area contributed by atoms with Crippen molar-refractivity contribution in [2.45, 2.75) is 25.8 Å². The largest absolute Gasteiger partial charge is 0.449 e. The molecule has 0 spiro atoms. The van der Waals surface area contributed by atoms with Gasteiger partial charge in [0.1, 0.15) is 0 Å². The van der Waals surface area contributed by atoms with Crippen molar-refractivity contribution in [2.75, 3.05) is 6.54 Å². The number of hydrogen-bond acceptors (Lipinski definition) is 3. The first-order valence-electron chi connectivity index (χ1n) is 6.81. The Balaban J connectivity index is 1.73. The van der Waals surface area contributed by atoms with Gasteiger partial charge in [-0.25, -0.2) is 0 Å². The van der Waals surface area contributed by atoms with Crippen LogP contribution in [0.1, 0.15) is 29.0 Å². The number of amides is 2. The van der Waals surface area contributed by atoms with Gasteiger partial charge in [-0.3, -0.25) is 9.59 Å². The van der Waals surface area contributed by atoms with E-state index in [0.29, 0.717) is 16.2 Å². The predicted octanol–water partition coefficient (Wildman–Crippen LogP) is 2.40. The normalized spacial score (nSPS) is 14.2. The van der Waals surface area contributed by atoms with Crippen molar-refractivity contribution in [2.24, 2.45) is 0 Å². The van der Waals surface area contributed by atoms with Crippen LogP contribution in [0.5, 0.6) is 0 Å². The van der Waals surface area contributed by atoms with Crippen LogP contribution in [0, 0.1) is 6.92 Å². The highest BCUT2D eigenvalue weighted by Crippen LogP contribution is 2.30. The number of fused-ring (bicyclic) bond motifs is 1. The summed E-state index contributed by atoms with van der Waals surface area (Å²) in [5.74, 6) is -0.402. The molecule has 0 aliphatic heterocycles. The molecule has 1 aromatic heterocycles. The number of furan rings is 1. The average Bonchev–Trinajstić information content (AvgIpc) is 3.20. The van der Waals surface area contributed by atoms with Crippen LogP contribution in [0.25, 0.3) is 11.0 Å². The topological polar surface area (TPSA) is 71.3 Å². The highest BCUT2D eigenvalue weighted by molar-refractivity contribution is 6.35. The second-order valence-corrected chi connectivity index (χ2v) is 5.60. The average molecular weight is 307 g/mol. The summed E-state index contributed by atoms with van der Waals surface area (Å²) < 4.78 is 5.54. The van der Waals surface area contributed by atoms with Crippen molar-refractivity contribution in [1.29, 1.82) is 0 Å². The second kappa shape index (κ2) is 5.41. The molecule has 6 heteroatoms. The van der Waals surface area contributed by atoms with Crippen molar-refractivity contribution in [3.8, 4) is 0 Å². The van der Waals surface area contributed by atoms with E-state index in [1.165, 1.54) is 0 Å². The summed E-state index contributed by atoms with van der Waals surface area (Å²) in [6, 6.07) is 5.63. The minimum Gasteiger partial charge on any atom is -0.449 e. The molecule has 2 aromatic rings. The molecule has 1 aliphatic carbocycles. The molecule has 1 heterocycles. The summed E-state index contributed by atoms with van der Waals surface area (Å²) in [5.41, 5.74) is 1.21. The van der Waals surface area contributed by atoms with Crippen LogP contribution in [0.4, 0.5) is 0 Å². The third-order valence-electron chi connectivity index (χ3n) is 3.47. The van der Waals surface area contributed by atoms with Crippen LogP contribution in [0.2, 0.25) is 5.02 Å². The van der Waals surface area contributed by atoms with Gasteiger partial charge in [-0.15, -0.1) is 0 Å². The van der Waals surface area contributed by atoms with Crippen LogP contribution in [-0.2, 0) is 4.79 Å². The van der Waals surface area contributed by atoms with E-state index in [2.05, 4.69) is 10.6 Å². The number of halogens is 1. The fraction of sp³-hybridized carbons (Fsp3) is 0.333. The number of carbonyl (C=O) groups excluding carboxylic acids is 2. The summed E-state index contributed by atoms with van der Waals surface area (Å²) >= 11 is 6.05. The standard InChI is InChI=1S/C15H15ClN2O3/c1-8-10-3-2-4-11(16)14(10)21-13(8)15(20)17-7-12(19)18-9-5-6-9/h2-4,9H,5-7H2,1H3,(H,17,20)(H,18,19). The van der Waals surface area contributed by atoms with Crippen LogP contribution >= 0.6 is 11.6 Å². The number of nitrogens with one attached hydrogen (secondary N) is 2. The van der Waals surface area contributed by atoms with E-state index in [1.807, 2.05) is 6.07 Å². The molecule has 0 saturated heterocycles. The van der Waals surface area contributed by atoms with E-state index in [-0.39, 0.29) is 24.3 Å². The molecule has 5 nitrogen and oxygen atoms in total. The van der Waals surface area contributed by atoms with Gasteiger partial charge in [-0.2, -0.15) is 0 Å². The molecule has 0 bridgehead atoms. The van der Waals surface area contributed by atoms with E-state index in [4.69, 9.17) is 16.0 Å². The summed E-state index contributed by atoms with van der Waals surface area (Å²) in [5, 5.41) is 6.63. The Kier molecular flexibility index (Phi) is 3.59. The van der Waals surface area contributed by atoms with Crippen molar-refractivity contribution >= 4 is 34.4 Å². The summed E-state index contributed by atoms with van der Waals surface area (Å²) in [4.78, 5) is 23.7. The van der Waals surface area contributed by atoms with Crippen LogP contribution < -0.4 is 10.6 Å². The highest BCUT2D eigenvalue weighted by atomic mass is 35.5. The minimum absolute atomic E-state index is 0.0560. The molecule has 3 rings (SSSR count). The van der Waals surface area contributed by atoms with Gasteiger partial charge < -0.3 is 15.1 Å². The fourth-order valence-corrected chi connectivity index (χ4v) is 2.39. The van der Waals surface area contributed by atoms with Crippen molar-refractivity contribution in [1.82, 2.24) is 10.6 Å². The first kappa shape index (κ1) is 13.9. The third-order valence-corrected chi connectivity index (χ3v) is 3.77. The fourth-order valence-electron chi connectivity index (χ4n) is 2.17. The molecule has 110 valence electrons. The Morgan fingerprint density at radius 3 is 2.81 bits per heavy atom. The maximum Gasteiger partial charge on any atom is 0.287 e. The van der Waals surface area contributed by atoms with Gasteiger partial charge in [0.2, 0.25) is 5.91 Å². The zero-order valence-electron chi connectivity index (χ0n) is 11.5. The lowest BCUT2D eigenvalue weighted by atomic mass is 10.1. The Labute approximate surface area is 126 Å². The first-order chi connectivity index (χ1) is 10.1. The van der Waals surface area contributed by atoms with E-state index >= 15 is 0 Å². The maximum atomic E-state index is 12.1. The Morgan fingerprint density at radius 2 is 2.14 bits per heavy atom. The van der Waals surface area contributed by atoms with Crippen LogP contribution in [0.3, 0.4) is 0 Å². The molecule has 0 atom stereocenters. The highest BCUT2D eigenvalue weighted by Gasteiger charge is 2.24. The SMILES string of the molecule is Cc1c(C(=O)NCC(=O)NC2CC2)oc2c(Cl)cccc12. The summed E-state index contributed by atoms with van der Waals surface area (Å²) in [7, 11) is 0. The molecule has 1 fully saturated rings. The van der Waals surface area contributed by atoms with Crippen LogP contribution in [-0.4, -0.2) is 24.4 Å². The lowest BCUT2D eigenvalue weighted by Gasteiger charge is -2.04. The van der Waals surface area contributed by atoms with Gasteiger partial charge in [0.05, 0.1) is 11.6 Å². The number of hydrogen-bond donors (Lipinski definition) is 2. The second-order valence-electron chi connectivity index (χ2n) is 5.20. The van der Waals surface area contributed by atoms with E-state index in [0.717, 1.165) is 18.2 Å². The Morgan fingerprint density at radius 1 is 1.38 bits per heavy atom. The molecule has 21 heavy (non-hydrogen) atoms. The van der Waals surface area contributed by atoms with Gasteiger partial charge in [-0.1, -0.05) is 23.7 Å². The Hall–Kier alpha value is -2.01. The van der Waals surface area contributed by atoms with Crippen molar-refractivity contribution in [3.05, 3.63) is 34.5 Å². The number of aryl methyl sites for hydroxylation is 1. The zero-order chi connectivity index (χ0) is 15.0. The van der Waals surface area contributed by atoms with E-state index < -0.39 is 5.91 Å². The maximum absolute atomic E-state index is 12.1. The van der Waals surface area contributed by atoms with Crippen LogP contribution in [0.15, 0.2) is 22.6 Å². The van der Waals surface area contributed by atoms with E-state index in [9.17, 15) is 9.59 Å². The molecule has 1 aromatic carbocycles. The van der Waals surface area contributed by atoms with Gasteiger partial charge in [0.25, 0.3) is 5.91 Å². The lowest BCUT2D eigenvalue weighted by molar-refractivity contribution is -0.120. The molecule has 1 aliphatic rings. The van der Waals surface area contributed by atoms with Gasteiger partial charge in [0.15, 0.2) is 11.3 Å². The van der Waals surface area contributed by atoms with Crippen molar-refractivity contribution in [3.63, 3.8) is 0 Å². The molecule has 0 unspecified atom stereocenters. The van der Waals surface area contributed by atoms with Crippen molar-refractivity contribution < 1.29 is 14.0 Å². The predicted molar refractivity (Wildman–Crippen MR) is 79.5 cm³/mol. The molecular formula is C15H15ClN2O3. The monoisotopic (exact) mass is 306 g/mol. The molecule has 0 radical (unpaired) electrons. The molecular weight excluding hydrogens is 292 g/mol. The molecule has 2 N–H and O–H groups in total. The number of para-hydroxylation sites is 1. The summed E-state index contributed by atoms with van der Waals surface area (Å²) in [6.45, 7) is 1.74. The number of rotatable bonds is 4. The molecule has 2 amide bonds. The van der Waals surface area contributed by atoms with E-state index in [1.54, 1.807) is 19.1 Å². The zero-order valence-corrected chi connectivity index (χ0v) is 12.3. The quantitative estimate of drug-likeness (QED) is 0.911. The van der Waals surface area contributed by atoms with Gasteiger partial charge in [0, 0.05) is 17.0 Å². The minimum atomic E-state index is -0.411. The first-order valence-corrected chi connectivity index (χ1v) is 7.19. The third kappa shape index (κ3) is 2.88. The van der Waals surface area contributed by atoms with Gasteiger partial charge >= 0.3 is 0 Å². The van der Waals surface area contributed by atoms with Gasteiger partial charge in [-0.05, 0) is 25.8 Å². The number of carbonyl (C=O) groups is 2. The smallest absolute Gasteiger partial charge is 0.287 e. The summed E-state index contributed by atoms with van der Waals surface area (Å²) in [6.07, 6.45) is 2.03.